The largest absolute Gasteiger partial charge is 0.490 e. The lowest BCUT2D eigenvalue weighted by molar-refractivity contribution is -0.0290. The summed E-state index contributed by atoms with van der Waals surface area (Å²) in [5, 5.41) is 0. The van der Waals surface area contributed by atoms with Crippen LogP contribution in [0.1, 0.15) is 19.6 Å². The van der Waals surface area contributed by atoms with Gasteiger partial charge in [-0.1, -0.05) is 6.92 Å². The molecule has 20 heteroatoms. The molecular weight excluding hydrogens is 487 g/mol. The number of aromatic amines is 1. The van der Waals surface area contributed by atoms with Crippen LogP contribution in [0.2, 0.25) is 0 Å². The van der Waals surface area contributed by atoms with Crippen molar-refractivity contribution in [1.29, 1.82) is 0 Å². The quantitative estimate of drug-likeness (QED) is 0.257. The Bertz CT molecular complexity index is 1170. The Morgan fingerprint density at radius 1 is 1.26 bits per heavy atom. The van der Waals surface area contributed by atoms with E-state index < -0.39 is 48.0 Å². The van der Waals surface area contributed by atoms with Crippen molar-refractivity contribution < 1.29 is 51.2 Å². The number of hydrogen-bond donors (Lipinski definition) is 6. The lowest BCUT2D eigenvalue weighted by atomic mass is 10.1. The summed E-state index contributed by atoms with van der Waals surface area (Å²) < 4.78 is 52.9. The number of nitrogens with two attached hydrogens (primary N) is 1. The number of rotatable bonds is 8. The summed E-state index contributed by atoms with van der Waals surface area (Å²) in [4.78, 5) is 57.9. The molecule has 0 saturated carbocycles. The van der Waals surface area contributed by atoms with Crippen molar-refractivity contribution in [3.05, 3.63) is 16.7 Å². The van der Waals surface area contributed by atoms with Crippen LogP contribution >= 0.6 is 23.5 Å². The number of aromatic nitrogens is 4. The van der Waals surface area contributed by atoms with Crippen molar-refractivity contribution in [2.75, 3.05) is 12.3 Å². The summed E-state index contributed by atoms with van der Waals surface area (Å²) in [6.45, 7) is 1.19. The molecule has 2 aromatic rings. The molecule has 0 aromatic carbocycles. The fourth-order valence-corrected chi connectivity index (χ4v) is 6.02. The first-order valence-corrected chi connectivity index (χ1v) is 12.8. The molecule has 5 atom stereocenters. The summed E-state index contributed by atoms with van der Waals surface area (Å²) in [6.07, 6.45) is 0.103. The number of fused-ring (bicyclic) bond motifs is 1. The average Bonchev–Trinajstić information content (AvgIpc) is 3.12. The van der Waals surface area contributed by atoms with E-state index in [4.69, 9.17) is 25.2 Å². The van der Waals surface area contributed by atoms with Gasteiger partial charge in [-0.2, -0.15) is 13.6 Å². The Hall–Kier alpha value is -1.48. The molecule has 17 nitrogen and oxygen atoms in total. The second-order valence-corrected chi connectivity index (χ2v) is 10.9. The molecule has 1 saturated heterocycles. The van der Waals surface area contributed by atoms with Crippen LogP contribution in [0.5, 0.6) is 0 Å². The van der Waals surface area contributed by atoms with E-state index in [0.717, 1.165) is 0 Å². The van der Waals surface area contributed by atoms with Crippen LogP contribution < -0.4 is 11.3 Å². The van der Waals surface area contributed by atoms with Gasteiger partial charge in [0.1, 0.15) is 6.23 Å². The standard InChI is InChI=1S/C11H18N5O12P3/c1-5-2-6(3-25-30(21,22)28-31(23,24)27-29(18,19)20)26-10(5)16-4-13-7-8(16)14-11(12)15-9(7)17/h4-6,10H,2-3H2,1H3,(H,21,22)(H,23,24)(H2,18,19,20)(H3,12,14,15,17)/t5-,6?,10+/m0/s1. The first kappa shape index (κ1) is 24.2. The highest BCUT2D eigenvalue weighted by atomic mass is 31.3. The van der Waals surface area contributed by atoms with Crippen molar-refractivity contribution >= 4 is 40.6 Å². The maximum atomic E-state index is 11.9. The minimum atomic E-state index is -5.60. The number of phosphoric ester groups is 1. The maximum Gasteiger partial charge on any atom is 0.490 e. The van der Waals surface area contributed by atoms with Crippen LogP contribution in [0, 0.1) is 5.92 Å². The predicted molar refractivity (Wildman–Crippen MR) is 100 cm³/mol. The zero-order valence-electron chi connectivity index (χ0n) is 15.5. The molecule has 0 aliphatic carbocycles. The molecule has 2 aromatic heterocycles. The van der Waals surface area contributed by atoms with E-state index in [1.54, 1.807) is 6.92 Å². The molecule has 0 bridgehead atoms. The van der Waals surface area contributed by atoms with Gasteiger partial charge < -0.3 is 30.0 Å². The summed E-state index contributed by atoms with van der Waals surface area (Å²) in [7, 11) is -16.3. The van der Waals surface area contributed by atoms with Gasteiger partial charge in [-0.25, -0.2) is 18.7 Å². The van der Waals surface area contributed by atoms with Gasteiger partial charge in [0.2, 0.25) is 5.95 Å². The average molecular weight is 505 g/mol. The molecule has 31 heavy (non-hydrogen) atoms. The van der Waals surface area contributed by atoms with Crippen LogP contribution in [-0.2, 0) is 31.6 Å². The molecule has 0 spiro atoms. The minimum absolute atomic E-state index is 0.0294. The monoisotopic (exact) mass is 505 g/mol. The van der Waals surface area contributed by atoms with Crippen molar-refractivity contribution in [1.82, 2.24) is 19.5 Å². The molecule has 3 rings (SSSR count). The third-order valence-corrected chi connectivity index (χ3v) is 7.82. The van der Waals surface area contributed by atoms with Crippen molar-refractivity contribution in [3.63, 3.8) is 0 Å². The molecule has 1 aliphatic heterocycles. The molecule has 0 amide bonds. The second kappa shape index (κ2) is 8.46. The van der Waals surface area contributed by atoms with Gasteiger partial charge in [-0.05, 0) is 6.42 Å². The van der Waals surface area contributed by atoms with E-state index in [9.17, 15) is 23.4 Å². The fourth-order valence-electron chi connectivity index (χ4n) is 2.97. The third-order valence-electron chi connectivity index (χ3n) is 4.02. The van der Waals surface area contributed by atoms with Crippen LogP contribution in [0.25, 0.3) is 11.2 Å². The molecular formula is C11H18N5O12P3. The number of nitrogens with zero attached hydrogens (tertiary/aromatic N) is 3. The van der Waals surface area contributed by atoms with E-state index in [1.807, 2.05) is 0 Å². The number of H-pyrrole nitrogens is 1. The van der Waals surface area contributed by atoms with Gasteiger partial charge in [0.15, 0.2) is 11.2 Å². The van der Waals surface area contributed by atoms with E-state index >= 15 is 0 Å². The Balaban J connectivity index is 1.67. The Morgan fingerprint density at radius 2 is 1.94 bits per heavy atom. The summed E-state index contributed by atoms with van der Waals surface area (Å²) >= 11 is 0. The number of anilines is 1. The van der Waals surface area contributed by atoms with E-state index in [2.05, 4.69) is 28.1 Å². The second-order valence-electron chi connectivity index (χ2n) is 6.52. The lowest BCUT2D eigenvalue weighted by Crippen LogP contribution is -2.18. The zero-order chi connectivity index (χ0) is 23.2. The highest BCUT2D eigenvalue weighted by molar-refractivity contribution is 7.66. The fraction of sp³-hybridized carbons (Fsp3) is 0.545. The number of ether oxygens (including phenoxy) is 1. The summed E-state index contributed by atoms with van der Waals surface area (Å²) in [5.74, 6) is -0.344. The molecule has 3 heterocycles. The molecule has 174 valence electrons. The SMILES string of the molecule is C[C@H]1CC(COP(=O)(O)OP(=O)(O)OP(=O)(O)O)O[C@H]1n1cnc2c(=O)[nH]c(N)nc21. The highest BCUT2D eigenvalue weighted by Gasteiger charge is 2.42. The summed E-state index contributed by atoms with van der Waals surface area (Å²) in [6, 6.07) is 0. The van der Waals surface area contributed by atoms with Gasteiger partial charge in [0.05, 0.1) is 19.0 Å². The van der Waals surface area contributed by atoms with Gasteiger partial charge in [0, 0.05) is 5.92 Å². The Labute approximate surface area is 172 Å². The van der Waals surface area contributed by atoms with Gasteiger partial charge in [-0.15, -0.1) is 0 Å². The third kappa shape index (κ3) is 6.06. The normalized spacial score (nSPS) is 26.0. The van der Waals surface area contributed by atoms with E-state index in [1.165, 1.54) is 10.9 Å². The van der Waals surface area contributed by atoms with Crippen molar-refractivity contribution in [2.45, 2.75) is 25.7 Å². The van der Waals surface area contributed by atoms with Crippen LogP contribution in [0.4, 0.5) is 5.95 Å². The molecule has 7 N–H and O–H groups in total. The Kier molecular flexibility index (Phi) is 6.60. The minimum Gasteiger partial charge on any atom is -0.369 e. The van der Waals surface area contributed by atoms with E-state index in [-0.39, 0.29) is 23.0 Å². The van der Waals surface area contributed by atoms with Gasteiger partial charge in [0.25, 0.3) is 5.56 Å². The van der Waals surface area contributed by atoms with Crippen LogP contribution in [-0.4, -0.2) is 51.8 Å². The first-order chi connectivity index (χ1) is 14.2. The maximum absolute atomic E-state index is 11.9. The predicted octanol–water partition coefficient (Wildman–Crippen LogP) is -0.0313. The summed E-state index contributed by atoms with van der Waals surface area (Å²) in [5.41, 5.74) is 5.20. The number of hydrogen-bond acceptors (Lipinski definition) is 11. The topological polar surface area (TPSA) is 259 Å². The van der Waals surface area contributed by atoms with Crippen LogP contribution in [0.3, 0.4) is 0 Å². The highest BCUT2D eigenvalue weighted by Crippen LogP contribution is 2.66. The van der Waals surface area contributed by atoms with Gasteiger partial charge in [-0.3, -0.25) is 18.9 Å². The molecule has 1 fully saturated rings. The van der Waals surface area contributed by atoms with Gasteiger partial charge >= 0.3 is 23.5 Å². The number of nitrogens with one attached hydrogen (secondary N) is 1. The zero-order valence-corrected chi connectivity index (χ0v) is 18.2. The Morgan fingerprint density at radius 3 is 2.58 bits per heavy atom. The number of phosphoric acid groups is 3. The van der Waals surface area contributed by atoms with Crippen molar-refractivity contribution in [2.24, 2.45) is 5.92 Å². The number of nitrogen functional groups attached to an aromatic ring is 1. The van der Waals surface area contributed by atoms with E-state index in [0.29, 0.717) is 6.42 Å². The van der Waals surface area contributed by atoms with Crippen LogP contribution in [0.15, 0.2) is 11.1 Å². The lowest BCUT2D eigenvalue weighted by Gasteiger charge is -2.19. The molecule has 0 radical (unpaired) electrons. The van der Waals surface area contributed by atoms with Crippen molar-refractivity contribution in [3.8, 4) is 0 Å². The molecule has 1 aliphatic rings. The smallest absolute Gasteiger partial charge is 0.369 e. The molecule has 3 unspecified atom stereocenters. The number of imidazole rings is 1. The first-order valence-electron chi connectivity index (χ1n) is 8.32.